The number of aliphatic hydroxyl groups excluding tert-OH is 1. The van der Waals surface area contributed by atoms with Crippen molar-refractivity contribution >= 4 is 6.21 Å². The van der Waals surface area contributed by atoms with Gasteiger partial charge in [0.1, 0.15) is 0 Å². The van der Waals surface area contributed by atoms with Crippen LogP contribution in [0.4, 0.5) is 0 Å². The summed E-state index contributed by atoms with van der Waals surface area (Å²) >= 11 is 0. The van der Waals surface area contributed by atoms with Crippen molar-refractivity contribution in [1.82, 2.24) is 0 Å². The summed E-state index contributed by atoms with van der Waals surface area (Å²) in [5.74, 6) is 1.46. The van der Waals surface area contributed by atoms with E-state index in [0.717, 1.165) is 32.1 Å². The topological polar surface area (TPSA) is 52.8 Å². The minimum atomic E-state index is -0.199. The Kier molecular flexibility index (Phi) is 3.24. The molecule has 2 rings (SSSR count). The van der Waals surface area contributed by atoms with Gasteiger partial charge in [0, 0.05) is 5.41 Å². The zero-order valence-electron chi connectivity index (χ0n) is 10.3. The maximum absolute atomic E-state index is 10.1. The van der Waals surface area contributed by atoms with E-state index in [4.69, 9.17) is 5.21 Å². The number of nitrogens with zero attached hydrogens (tertiary/aromatic N) is 1. The molecule has 3 heteroatoms. The molecule has 2 N–H and O–H groups in total. The van der Waals surface area contributed by atoms with Crippen molar-refractivity contribution in [2.24, 2.45) is 28.3 Å². The van der Waals surface area contributed by atoms with Gasteiger partial charge in [-0.2, -0.15) is 0 Å². The van der Waals surface area contributed by atoms with E-state index in [1.165, 1.54) is 0 Å². The third-order valence-corrected chi connectivity index (χ3v) is 4.85. The number of rotatable bonds is 2. The van der Waals surface area contributed by atoms with Crippen LogP contribution < -0.4 is 0 Å². The Labute approximate surface area is 97.5 Å². The predicted octanol–water partition coefficient (Wildman–Crippen LogP) is 2.66. The summed E-state index contributed by atoms with van der Waals surface area (Å²) in [6.07, 6.45) is 6.81. The van der Waals surface area contributed by atoms with Gasteiger partial charge in [-0.25, -0.2) is 0 Å². The second-order valence-corrected chi connectivity index (χ2v) is 5.85. The molecule has 0 aromatic carbocycles. The van der Waals surface area contributed by atoms with Crippen LogP contribution in [0.15, 0.2) is 5.16 Å². The summed E-state index contributed by atoms with van der Waals surface area (Å²) in [6.45, 7) is 4.47. The first-order chi connectivity index (χ1) is 7.62. The molecule has 0 spiro atoms. The van der Waals surface area contributed by atoms with Crippen LogP contribution >= 0.6 is 0 Å². The Balaban J connectivity index is 2.32. The first kappa shape index (κ1) is 11.9. The van der Waals surface area contributed by atoms with Gasteiger partial charge >= 0.3 is 0 Å². The molecule has 0 unspecified atom stereocenters. The van der Waals surface area contributed by atoms with E-state index < -0.39 is 0 Å². The standard InChI is InChI=1S/C13H23NO2/c1-9(2)10-5-6-11-12(15)4-3-7-13(10,11)8-14-16/h8-12,15-16H,3-7H2,1-2H3/b14-8+/t10-,11+,12+,13+/m1/s1. The average molecular weight is 225 g/mol. The van der Waals surface area contributed by atoms with Crippen molar-refractivity contribution in [3.8, 4) is 0 Å². The fourth-order valence-electron chi connectivity index (χ4n) is 4.23. The highest BCUT2D eigenvalue weighted by Crippen LogP contribution is 2.56. The van der Waals surface area contributed by atoms with Crippen molar-refractivity contribution in [2.75, 3.05) is 0 Å². The number of aliphatic hydroxyl groups is 1. The maximum Gasteiger partial charge on any atom is 0.0577 e. The van der Waals surface area contributed by atoms with Crippen LogP contribution in [0.1, 0.15) is 46.0 Å². The Morgan fingerprint density at radius 1 is 1.31 bits per heavy atom. The Morgan fingerprint density at radius 2 is 2.06 bits per heavy atom. The highest BCUT2D eigenvalue weighted by molar-refractivity contribution is 5.67. The van der Waals surface area contributed by atoms with Crippen LogP contribution in [-0.4, -0.2) is 22.6 Å². The SMILES string of the molecule is CC(C)[C@H]1CC[C@H]2[C@@H](O)CCC[C@]12/C=N/O. The lowest BCUT2D eigenvalue weighted by molar-refractivity contribution is 0.00494. The smallest absolute Gasteiger partial charge is 0.0577 e. The van der Waals surface area contributed by atoms with Crippen LogP contribution in [-0.2, 0) is 0 Å². The fourth-order valence-corrected chi connectivity index (χ4v) is 4.23. The Morgan fingerprint density at radius 3 is 2.69 bits per heavy atom. The minimum absolute atomic E-state index is 0.0411. The molecule has 2 fully saturated rings. The molecule has 0 aliphatic heterocycles. The normalized spacial score (nSPS) is 44.1. The van der Waals surface area contributed by atoms with E-state index in [2.05, 4.69) is 19.0 Å². The Bertz CT molecular complexity index is 269. The van der Waals surface area contributed by atoms with Gasteiger partial charge in [0.2, 0.25) is 0 Å². The van der Waals surface area contributed by atoms with E-state index in [1.54, 1.807) is 6.21 Å². The van der Waals surface area contributed by atoms with Crippen LogP contribution in [0.2, 0.25) is 0 Å². The molecule has 2 aliphatic carbocycles. The summed E-state index contributed by atoms with van der Waals surface area (Å²) in [7, 11) is 0. The van der Waals surface area contributed by atoms with Crippen molar-refractivity contribution < 1.29 is 10.3 Å². The highest BCUT2D eigenvalue weighted by Gasteiger charge is 2.54. The van der Waals surface area contributed by atoms with Gasteiger partial charge < -0.3 is 10.3 Å². The van der Waals surface area contributed by atoms with Crippen LogP contribution in [0.25, 0.3) is 0 Å². The van der Waals surface area contributed by atoms with Crippen molar-refractivity contribution in [3.05, 3.63) is 0 Å². The lowest BCUT2D eigenvalue weighted by atomic mass is 9.61. The Hall–Kier alpha value is -0.570. The molecule has 92 valence electrons. The molecule has 2 saturated carbocycles. The van der Waals surface area contributed by atoms with E-state index in [0.29, 0.717) is 17.8 Å². The first-order valence-electron chi connectivity index (χ1n) is 6.48. The van der Waals surface area contributed by atoms with E-state index in [-0.39, 0.29) is 11.5 Å². The summed E-state index contributed by atoms with van der Waals surface area (Å²) in [4.78, 5) is 0. The van der Waals surface area contributed by atoms with Crippen LogP contribution in [0.5, 0.6) is 0 Å². The zero-order chi connectivity index (χ0) is 11.8. The third-order valence-electron chi connectivity index (χ3n) is 4.85. The van der Waals surface area contributed by atoms with Gasteiger partial charge in [-0.3, -0.25) is 0 Å². The average Bonchev–Trinajstić information content (AvgIpc) is 2.59. The van der Waals surface area contributed by atoms with Gasteiger partial charge in [-0.1, -0.05) is 13.8 Å². The summed E-state index contributed by atoms with van der Waals surface area (Å²) in [5, 5.41) is 22.4. The second kappa shape index (κ2) is 4.36. The zero-order valence-corrected chi connectivity index (χ0v) is 10.3. The third kappa shape index (κ3) is 1.65. The molecule has 0 heterocycles. The van der Waals surface area contributed by atoms with E-state index in [1.807, 2.05) is 0 Å². The van der Waals surface area contributed by atoms with Crippen molar-refractivity contribution in [1.29, 1.82) is 0 Å². The lowest BCUT2D eigenvalue weighted by Gasteiger charge is -2.44. The molecular weight excluding hydrogens is 202 g/mol. The minimum Gasteiger partial charge on any atom is -0.411 e. The number of hydrogen-bond acceptors (Lipinski definition) is 3. The largest absolute Gasteiger partial charge is 0.411 e. The molecular formula is C13H23NO2. The molecule has 0 aromatic heterocycles. The highest BCUT2D eigenvalue weighted by atomic mass is 16.4. The van der Waals surface area contributed by atoms with Gasteiger partial charge in [0.05, 0.1) is 12.3 Å². The van der Waals surface area contributed by atoms with Gasteiger partial charge in [-0.15, -0.1) is 5.16 Å². The first-order valence-corrected chi connectivity index (χ1v) is 6.48. The number of fused-ring (bicyclic) bond motifs is 1. The summed E-state index contributed by atoms with van der Waals surface area (Å²) in [6, 6.07) is 0. The summed E-state index contributed by atoms with van der Waals surface area (Å²) in [5.41, 5.74) is -0.0411. The summed E-state index contributed by atoms with van der Waals surface area (Å²) < 4.78 is 0. The van der Waals surface area contributed by atoms with Crippen molar-refractivity contribution in [2.45, 2.75) is 52.1 Å². The van der Waals surface area contributed by atoms with E-state index in [9.17, 15) is 5.11 Å². The van der Waals surface area contributed by atoms with Crippen molar-refractivity contribution in [3.63, 3.8) is 0 Å². The molecule has 3 nitrogen and oxygen atoms in total. The monoisotopic (exact) mass is 225 g/mol. The molecule has 0 aromatic rings. The van der Waals surface area contributed by atoms with E-state index >= 15 is 0 Å². The number of hydrogen-bond donors (Lipinski definition) is 2. The fraction of sp³-hybridized carbons (Fsp3) is 0.923. The van der Waals surface area contributed by atoms with Crippen LogP contribution in [0.3, 0.4) is 0 Å². The van der Waals surface area contributed by atoms with Gasteiger partial charge in [-0.05, 0) is 49.9 Å². The predicted molar refractivity (Wildman–Crippen MR) is 63.6 cm³/mol. The lowest BCUT2D eigenvalue weighted by Crippen LogP contribution is -2.44. The maximum atomic E-state index is 10.1. The molecule has 2 aliphatic rings. The molecule has 0 amide bonds. The second-order valence-electron chi connectivity index (χ2n) is 5.85. The molecule has 4 atom stereocenters. The molecule has 16 heavy (non-hydrogen) atoms. The van der Waals surface area contributed by atoms with Crippen LogP contribution in [0, 0.1) is 23.2 Å². The molecule has 0 bridgehead atoms. The molecule has 0 saturated heterocycles. The molecule has 0 radical (unpaired) electrons. The number of oxime groups is 1. The van der Waals surface area contributed by atoms with Gasteiger partial charge in [0.15, 0.2) is 0 Å². The quantitative estimate of drug-likeness (QED) is 0.431. The van der Waals surface area contributed by atoms with Gasteiger partial charge in [0.25, 0.3) is 0 Å².